The van der Waals surface area contributed by atoms with Gasteiger partial charge in [-0.3, -0.25) is 0 Å². The second-order valence-electron chi connectivity index (χ2n) is 2.58. The highest BCUT2D eigenvalue weighted by atomic mass is 32.1. The summed E-state index contributed by atoms with van der Waals surface area (Å²) < 4.78 is 0.806. The van der Waals surface area contributed by atoms with Gasteiger partial charge in [-0.25, -0.2) is 4.98 Å². The standard InChI is InChI=1S/C6H7BN2S/c7-5-4(3-1-2-3)9-6(8)10-5/h3H,1-2H2,(H2,8,9). The van der Waals surface area contributed by atoms with Crippen LogP contribution in [0.5, 0.6) is 0 Å². The van der Waals surface area contributed by atoms with Crippen LogP contribution in [0, 0.1) is 0 Å². The first-order valence-corrected chi connectivity index (χ1v) is 4.10. The van der Waals surface area contributed by atoms with Gasteiger partial charge in [0.05, 0.1) is 0 Å². The van der Waals surface area contributed by atoms with E-state index in [0.717, 1.165) is 10.5 Å². The third-order valence-electron chi connectivity index (χ3n) is 1.66. The second-order valence-corrected chi connectivity index (χ2v) is 3.64. The Labute approximate surface area is 64.9 Å². The zero-order valence-corrected chi connectivity index (χ0v) is 6.32. The van der Waals surface area contributed by atoms with Gasteiger partial charge in [0.1, 0.15) is 7.85 Å². The maximum Gasteiger partial charge on any atom is 0.179 e. The minimum absolute atomic E-state index is 0.597. The van der Waals surface area contributed by atoms with Crippen LogP contribution < -0.4 is 10.5 Å². The second kappa shape index (κ2) is 1.99. The van der Waals surface area contributed by atoms with Crippen molar-refractivity contribution in [1.29, 1.82) is 0 Å². The Hall–Kier alpha value is -0.505. The fraction of sp³-hybridized carbons (Fsp3) is 0.500. The van der Waals surface area contributed by atoms with Crippen LogP contribution >= 0.6 is 11.3 Å². The van der Waals surface area contributed by atoms with E-state index >= 15 is 0 Å². The predicted octanol–water partition coefficient (Wildman–Crippen LogP) is 0.397. The summed E-state index contributed by atoms with van der Waals surface area (Å²) in [7, 11) is 5.66. The maximum atomic E-state index is 5.66. The largest absolute Gasteiger partial charge is 0.375 e. The van der Waals surface area contributed by atoms with Gasteiger partial charge in [-0.05, 0) is 17.6 Å². The van der Waals surface area contributed by atoms with Crippen molar-refractivity contribution in [2.75, 3.05) is 5.73 Å². The molecule has 2 N–H and O–H groups in total. The van der Waals surface area contributed by atoms with Crippen molar-refractivity contribution in [1.82, 2.24) is 4.98 Å². The molecule has 0 atom stereocenters. The molecular formula is C6H7BN2S. The van der Waals surface area contributed by atoms with Crippen molar-refractivity contribution < 1.29 is 0 Å². The van der Waals surface area contributed by atoms with Gasteiger partial charge in [-0.15, -0.1) is 11.3 Å². The van der Waals surface area contributed by atoms with E-state index in [1.165, 1.54) is 24.2 Å². The molecule has 50 valence electrons. The van der Waals surface area contributed by atoms with Crippen LogP contribution in [0.25, 0.3) is 0 Å². The number of hydrogen-bond acceptors (Lipinski definition) is 3. The molecule has 1 heterocycles. The molecule has 0 amide bonds. The van der Waals surface area contributed by atoms with E-state index < -0.39 is 0 Å². The summed E-state index contributed by atoms with van der Waals surface area (Å²) in [5, 5.41) is 0.597. The molecule has 0 spiro atoms. The third kappa shape index (κ3) is 0.924. The lowest BCUT2D eigenvalue weighted by Gasteiger charge is -1.88. The molecule has 1 aliphatic rings. The summed E-state index contributed by atoms with van der Waals surface area (Å²) in [6.07, 6.45) is 2.46. The lowest BCUT2D eigenvalue weighted by molar-refractivity contribution is 1.06. The van der Waals surface area contributed by atoms with E-state index in [1.807, 2.05) is 0 Å². The fourth-order valence-electron chi connectivity index (χ4n) is 1.01. The van der Waals surface area contributed by atoms with Gasteiger partial charge in [-0.2, -0.15) is 0 Å². The number of rotatable bonds is 1. The molecule has 1 aliphatic carbocycles. The average Bonchev–Trinajstić information content (AvgIpc) is 2.61. The Morgan fingerprint density at radius 2 is 2.30 bits per heavy atom. The number of nitrogen functional groups attached to an aromatic ring is 1. The van der Waals surface area contributed by atoms with Gasteiger partial charge in [0.25, 0.3) is 0 Å². The van der Waals surface area contributed by atoms with Crippen LogP contribution in [0.15, 0.2) is 0 Å². The van der Waals surface area contributed by atoms with Gasteiger partial charge in [-0.1, -0.05) is 0 Å². The first-order chi connectivity index (χ1) is 4.77. The molecule has 2 nitrogen and oxygen atoms in total. The predicted molar refractivity (Wildman–Crippen MR) is 43.9 cm³/mol. The first kappa shape index (κ1) is 6.22. The van der Waals surface area contributed by atoms with Crippen LogP contribution in [-0.2, 0) is 0 Å². The summed E-state index contributed by atoms with van der Waals surface area (Å²) >= 11 is 1.38. The summed E-state index contributed by atoms with van der Waals surface area (Å²) in [5.74, 6) is 0.619. The lowest BCUT2D eigenvalue weighted by Crippen LogP contribution is -2.02. The number of hydrogen-bond donors (Lipinski definition) is 1. The highest BCUT2D eigenvalue weighted by molar-refractivity contribution is 7.23. The van der Waals surface area contributed by atoms with Gasteiger partial charge in [0.2, 0.25) is 0 Å². The smallest absolute Gasteiger partial charge is 0.179 e. The van der Waals surface area contributed by atoms with E-state index in [9.17, 15) is 0 Å². The van der Waals surface area contributed by atoms with Crippen molar-refractivity contribution in [3.63, 3.8) is 0 Å². The molecular weight excluding hydrogens is 143 g/mol. The minimum atomic E-state index is 0.597. The van der Waals surface area contributed by atoms with Gasteiger partial charge in [0, 0.05) is 11.6 Å². The average molecular weight is 150 g/mol. The Morgan fingerprint density at radius 3 is 2.70 bits per heavy atom. The summed E-state index contributed by atoms with van der Waals surface area (Å²) in [6.45, 7) is 0. The first-order valence-electron chi connectivity index (χ1n) is 3.29. The van der Waals surface area contributed by atoms with Crippen molar-refractivity contribution >= 4 is 29.1 Å². The molecule has 1 aromatic rings. The fourth-order valence-corrected chi connectivity index (χ4v) is 1.70. The van der Waals surface area contributed by atoms with Gasteiger partial charge >= 0.3 is 0 Å². The molecule has 0 unspecified atom stereocenters. The summed E-state index contributed by atoms with van der Waals surface area (Å²) in [6, 6.07) is 0. The minimum Gasteiger partial charge on any atom is -0.375 e. The SMILES string of the molecule is [B]c1sc(N)nc1C1CC1. The van der Waals surface area contributed by atoms with Crippen molar-refractivity contribution in [2.45, 2.75) is 18.8 Å². The normalized spacial score (nSPS) is 17.6. The molecule has 2 rings (SSSR count). The van der Waals surface area contributed by atoms with E-state index in [4.69, 9.17) is 13.6 Å². The Balaban J connectivity index is 2.38. The maximum absolute atomic E-state index is 5.66. The summed E-state index contributed by atoms with van der Waals surface area (Å²) in [5.41, 5.74) is 6.50. The molecule has 0 aliphatic heterocycles. The molecule has 4 heteroatoms. The van der Waals surface area contributed by atoms with E-state index in [0.29, 0.717) is 11.0 Å². The molecule has 2 radical (unpaired) electrons. The molecule has 10 heavy (non-hydrogen) atoms. The van der Waals surface area contributed by atoms with E-state index in [2.05, 4.69) is 4.98 Å². The number of nitrogens with zero attached hydrogens (tertiary/aromatic N) is 1. The number of nitrogens with two attached hydrogens (primary N) is 1. The topological polar surface area (TPSA) is 38.9 Å². The van der Waals surface area contributed by atoms with E-state index in [-0.39, 0.29) is 0 Å². The highest BCUT2D eigenvalue weighted by Crippen LogP contribution is 2.39. The van der Waals surface area contributed by atoms with Gasteiger partial charge < -0.3 is 5.73 Å². The number of aromatic nitrogens is 1. The van der Waals surface area contributed by atoms with Crippen LogP contribution in [0.1, 0.15) is 24.5 Å². The highest BCUT2D eigenvalue weighted by Gasteiger charge is 2.27. The van der Waals surface area contributed by atoms with Crippen LogP contribution in [-0.4, -0.2) is 12.8 Å². The molecule has 1 aromatic heterocycles. The monoisotopic (exact) mass is 150 g/mol. The summed E-state index contributed by atoms with van der Waals surface area (Å²) in [4.78, 5) is 4.14. The third-order valence-corrected chi connectivity index (χ3v) is 2.39. The molecule has 1 fully saturated rings. The zero-order valence-electron chi connectivity index (χ0n) is 5.50. The van der Waals surface area contributed by atoms with Gasteiger partial charge in [0.15, 0.2) is 5.13 Å². The van der Waals surface area contributed by atoms with Crippen molar-refractivity contribution in [3.05, 3.63) is 5.69 Å². The Kier molecular flexibility index (Phi) is 1.24. The molecule has 0 bridgehead atoms. The lowest BCUT2D eigenvalue weighted by atomic mass is 10.0. The molecule has 0 saturated heterocycles. The Bertz CT molecular complexity index is 254. The van der Waals surface area contributed by atoms with Crippen molar-refractivity contribution in [3.8, 4) is 0 Å². The van der Waals surface area contributed by atoms with Crippen molar-refractivity contribution in [2.24, 2.45) is 0 Å². The number of thiazole rings is 1. The molecule has 1 saturated carbocycles. The zero-order chi connectivity index (χ0) is 7.14. The Morgan fingerprint density at radius 1 is 1.60 bits per heavy atom. The van der Waals surface area contributed by atoms with Crippen LogP contribution in [0.4, 0.5) is 5.13 Å². The number of anilines is 1. The van der Waals surface area contributed by atoms with E-state index in [1.54, 1.807) is 0 Å². The van der Waals surface area contributed by atoms with Crippen LogP contribution in [0.2, 0.25) is 0 Å². The quantitative estimate of drug-likeness (QED) is 0.588. The molecule has 0 aromatic carbocycles. The van der Waals surface area contributed by atoms with Crippen LogP contribution in [0.3, 0.4) is 0 Å².